The van der Waals surface area contributed by atoms with Crippen LogP contribution < -0.4 is 5.73 Å². The first-order valence-electron chi connectivity index (χ1n) is 6.18. The topological polar surface area (TPSA) is 55.6 Å². The summed E-state index contributed by atoms with van der Waals surface area (Å²) in [7, 11) is 2.10. The van der Waals surface area contributed by atoms with E-state index in [9.17, 15) is 4.79 Å². The van der Waals surface area contributed by atoms with Gasteiger partial charge in [-0.2, -0.15) is 0 Å². The summed E-state index contributed by atoms with van der Waals surface area (Å²) in [5, 5.41) is 0. The molecule has 4 nitrogen and oxygen atoms in total. The molecule has 94 valence electrons. The molecule has 0 aliphatic heterocycles. The van der Waals surface area contributed by atoms with Gasteiger partial charge in [0.2, 0.25) is 0 Å². The van der Waals surface area contributed by atoms with Gasteiger partial charge in [0.25, 0.3) is 0 Å². The van der Waals surface area contributed by atoms with E-state index >= 15 is 0 Å². The van der Waals surface area contributed by atoms with Gasteiger partial charge in [-0.3, -0.25) is 4.79 Å². The van der Waals surface area contributed by atoms with Crippen LogP contribution >= 0.6 is 0 Å². The van der Waals surface area contributed by atoms with Crippen LogP contribution in [-0.4, -0.2) is 43.2 Å². The smallest absolute Gasteiger partial charge is 0.322 e. The molecule has 1 rings (SSSR count). The van der Waals surface area contributed by atoms with Gasteiger partial charge in [-0.1, -0.05) is 0 Å². The molecule has 0 radical (unpaired) electrons. The van der Waals surface area contributed by atoms with Crippen molar-refractivity contribution in [3.05, 3.63) is 0 Å². The molecule has 0 amide bonds. The van der Waals surface area contributed by atoms with Gasteiger partial charge in [0.05, 0.1) is 6.61 Å². The van der Waals surface area contributed by atoms with E-state index in [1.165, 1.54) is 12.8 Å². The lowest BCUT2D eigenvalue weighted by Gasteiger charge is -2.25. The van der Waals surface area contributed by atoms with Crippen LogP contribution in [0.2, 0.25) is 0 Å². The lowest BCUT2D eigenvalue weighted by molar-refractivity contribution is -0.144. The Morgan fingerprint density at radius 2 is 2.19 bits per heavy atom. The zero-order valence-corrected chi connectivity index (χ0v) is 10.6. The van der Waals surface area contributed by atoms with Crippen molar-refractivity contribution in [2.75, 3.05) is 20.2 Å². The van der Waals surface area contributed by atoms with E-state index in [1.807, 2.05) is 0 Å². The van der Waals surface area contributed by atoms with Crippen LogP contribution in [0.3, 0.4) is 0 Å². The number of ether oxygens (including phenoxy) is 1. The fourth-order valence-corrected chi connectivity index (χ4v) is 1.85. The maximum atomic E-state index is 11.3. The molecule has 1 fully saturated rings. The van der Waals surface area contributed by atoms with Crippen LogP contribution in [0.1, 0.15) is 33.1 Å². The second-order valence-corrected chi connectivity index (χ2v) is 4.71. The molecule has 2 unspecified atom stereocenters. The highest BCUT2D eigenvalue weighted by molar-refractivity contribution is 5.75. The fourth-order valence-electron chi connectivity index (χ4n) is 1.85. The summed E-state index contributed by atoms with van der Waals surface area (Å²) < 4.78 is 4.87. The van der Waals surface area contributed by atoms with Crippen molar-refractivity contribution >= 4 is 5.97 Å². The Hall–Kier alpha value is -0.610. The lowest BCUT2D eigenvalue weighted by Crippen LogP contribution is -2.38. The standard InChI is InChI=1S/C12H24N2O2/c1-4-16-12(15)11(13)7-8-14(3)9(2)10-5-6-10/h9-11H,4-8,13H2,1-3H3. The summed E-state index contributed by atoms with van der Waals surface area (Å²) in [6, 6.07) is 0.128. The lowest BCUT2D eigenvalue weighted by atomic mass is 10.1. The molecule has 2 N–H and O–H groups in total. The van der Waals surface area contributed by atoms with Crippen molar-refractivity contribution in [1.82, 2.24) is 4.90 Å². The van der Waals surface area contributed by atoms with Crippen molar-refractivity contribution in [3.63, 3.8) is 0 Å². The van der Waals surface area contributed by atoms with Gasteiger partial charge in [0, 0.05) is 12.6 Å². The zero-order chi connectivity index (χ0) is 12.1. The summed E-state index contributed by atoms with van der Waals surface area (Å²) in [4.78, 5) is 13.6. The summed E-state index contributed by atoms with van der Waals surface area (Å²) >= 11 is 0. The number of nitrogens with zero attached hydrogens (tertiary/aromatic N) is 1. The number of hydrogen-bond donors (Lipinski definition) is 1. The monoisotopic (exact) mass is 228 g/mol. The molecule has 0 spiro atoms. The molecule has 16 heavy (non-hydrogen) atoms. The molecule has 2 atom stereocenters. The third-order valence-corrected chi connectivity index (χ3v) is 3.38. The Bertz CT molecular complexity index is 229. The largest absolute Gasteiger partial charge is 0.465 e. The summed E-state index contributed by atoms with van der Waals surface area (Å²) in [6.07, 6.45) is 3.36. The molecule has 0 saturated heterocycles. The molecular weight excluding hydrogens is 204 g/mol. The van der Waals surface area contributed by atoms with Gasteiger partial charge < -0.3 is 15.4 Å². The average Bonchev–Trinajstić information content (AvgIpc) is 3.08. The van der Waals surface area contributed by atoms with Crippen LogP contribution in [0.25, 0.3) is 0 Å². The molecule has 1 saturated carbocycles. The number of nitrogens with two attached hydrogens (primary N) is 1. The van der Waals surface area contributed by atoms with E-state index in [2.05, 4.69) is 18.9 Å². The van der Waals surface area contributed by atoms with E-state index in [1.54, 1.807) is 6.92 Å². The summed E-state index contributed by atoms with van der Waals surface area (Å²) in [5.74, 6) is 0.568. The van der Waals surface area contributed by atoms with Gasteiger partial charge in [-0.15, -0.1) is 0 Å². The average molecular weight is 228 g/mol. The minimum absolute atomic E-state index is 0.282. The predicted octanol–water partition coefficient (Wildman–Crippen LogP) is 0.997. The van der Waals surface area contributed by atoms with Crippen LogP contribution in [0.4, 0.5) is 0 Å². The van der Waals surface area contributed by atoms with Gasteiger partial charge in [-0.05, 0) is 46.1 Å². The molecule has 1 aliphatic rings. The van der Waals surface area contributed by atoms with Gasteiger partial charge in [0.15, 0.2) is 0 Å². The Morgan fingerprint density at radius 3 is 2.69 bits per heavy atom. The van der Waals surface area contributed by atoms with E-state index in [-0.39, 0.29) is 5.97 Å². The highest BCUT2D eigenvalue weighted by Crippen LogP contribution is 2.34. The molecule has 0 aromatic rings. The molecule has 0 aromatic heterocycles. The van der Waals surface area contributed by atoms with Crippen molar-refractivity contribution in [1.29, 1.82) is 0 Å². The molecular formula is C12H24N2O2. The summed E-state index contributed by atoms with van der Waals surface area (Å²) in [6.45, 7) is 5.30. The van der Waals surface area contributed by atoms with Gasteiger partial charge in [0.1, 0.15) is 6.04 Å². The van der Waals surface area contributed by atoms with E-state index in [4.69, 9.17) is 10.5 Å². The Balaban J connectivity index is 2.19. The highest BCUT2D eigenvalue weighted by atomic mass is 16.5. The number of esters is 1. The molecule has 1 aliphatic carbocycles. The molecule has 0 aromatic carbocycles. The van der Waals surface area contributed by atoms with Crippen LogP contribution in [-0.2, 0) is 9.53 Å². The van der Waals surface area contributed by atoms with E-state index in [0.29, 0.717) is 19.1 Å². The van der Waals surface area contributed by atoms with Crippen molar-refractivity contribution < 1.29 is 9.53 Å². The third-order valence-electron chi connectivity index (χ3n) is 3.38. The van der Waals surface area contributed by atoms with Crippen LogP contribution in [0, 0.1) is 5.92 Å². The minimum atomic E-state index is -0.478. The minimum Gasteiger partial charge on any atom is -0.465 e. The predicted molar refractivity (Wildman–Crippen MR) is 64.0 cm³/mol. The Labute approximate surface area is 98.1 Å². The Morgan fingerprint density at radius 1 is 1.56 bits per heavy atom. The maximum Gasteiger partial charge on any atom is 0.322 e. The number of hydrogen-bond acceptors (Lipinski definition) is 4. The Kier molecular flexibility index (Phi) is 5.22. The quantitative estimate of drug-likeness (QED) is 0.660. The summed E-state index contributed by atoms with van der Waals surface area (Å²) in [5.41, 5.74) is 5.74. The number of rotatable bonds is 7. The van der Waals surface area contributed by atoms with Crippen molar-refractivity contribution in [2.45, 2.75) is 45.2 Å². The van der Waals surface area contributed by atoms with Gasteiger partial charge >= 0.3 is 5.97 Å². The first-order valence-corrected chi connectivity index (χ1v) is 6.18. The molecule has 0 bridgehead atoms. The highest BCUT2D eigenvalue weighted by Gasteiger charge is 2.30. The molecule has 0 heterocycles. The van der Waals surface area contributed by atoms with E-state index in [0.717, 1.165) is 12.5 Å². The van der Waals surface area contributed by atoms with Crippen molar-refractivity contribution in [3.8, 4) is 0 Å². The third kappa shape index (κ3) is 4.10. The van der Waals surface area contributed by atoms with E-state index < -0.39 is 6.04 Å². The number of carbonyl (C=O) groups is 1. The van der Waals surface area contributed by atoms with Crippen molar-refractivity contribution in [2.24, 2.45) is 11.7 Å². The van der Waals surface area contributed by atoms with Crippen LogP contribution in [0.5, 0.6) is 0 Å². The maximum absolute atomic E-state index is 11.3. The molecule has 4 heteroatoms. The van der Waals surface area contributed by atoms with Gasteiger partial charge in [-0.25, -0.2) is 0 Å². The number of carbonyl (C=O) groups excluding carboxylic acids is 1. The SMILES string of the molecule is CCOC(=O)C(N)CCN(C)C(C)C1CC1. The second kappa shape index (κ2) is 6.21. The first-order chi connectivity index (χ1) is 7.56. The normalized spacial score (nSPS) is 19.6. The zero-order valence-electron chi connectivity index (χ0n) is 10.6. The first kappa shape index (κ1) is 13.5. The fraction of sp³-hybridized carbons (Fsp3) is 0.917. The second-order valence-electron chi connectivity index (χ2n) is 4.71. The van der Waals surface area contributed by atoms with Crippen LogP contribution in [0.15, 0.2) is 0 Å².